The molecule has 11 aromatic rings. The molecule has 0 spiro atoms. The largest absolute Gasteiger partial charge is 0.416 e. The fourth-order valence-electron chi connectivity index (χ4n) is 9.29. The minimum absolute atomic E-state index is 0.142. The van der Waals surface area contributed by atoms with Crippen molar-refractivity contribution < 1.29 is 30.7 Å². The van der Waals surface area contributed by atoms with E-state index in [2.05, 4.69) is 24.3 Å². The highest BCUT2D eigenvalue weighted by Crippen LogP contribution is 2.50. The summed E-state index contributed by atoms with van der Waals surface area (Å²) < 4.78 is 100. The minimum atomic E-state index is -4.51. The van der Waals surface area contributed by atoms with E-state index in [-0.39, 0.29) is 5.56 Å². The molecule has 0 heterocycles. The van der Waals surface area contributed by atoms with Gasteiger partial charge in [-0.3, -0.25) is 0 Å². The molecule has 0 aliphatic carbocycles. The summed E-state index contributed by atoms with van der Waals surface area (Å²) in [5, 5.41) is 10.3. The maximum absolute atomic E-state index is 15.0. The van der Waals surface area contributed by atoms with Gasteiger partial charge in [-0.15, -0.1) is 0 Å². The fraction of sp³-hybridized carbons (Fsp3) is 0.0182. The lowest BCUT2D eigenvalue weighted by Crippen LogP contribution is -2.03. The van der Waals surface area contributed by atoms with Crippen LogP contribution in [0.3, 0.4) is 0 Å². The first kappa shape index (κ1) is 37.5. The SMILES string of the molecule is Fc1ccc2c(c1)cc(-c1c3ccc(-c4cc(F)c(F)c(F)c4)cc3c(-c3cc4ccccc4c4ccccc34)c3ccc(-c4ccc(C(F)(F)F)cc4)cc13)c1ccccc12. The predicted octanol–water partition coefficient (Wildman–Crippen LogP) is 16.8. The Morgan fingerprint density at radius 2 is 0.758 bits per heavy atom. The van der Waals surface area contributed by atoms with Crippen LogP contribution in [0.1, 0.15) is 5.56 Å². The Labute approximate surface area is 349 Å². The number of benzene rings is 11. The first-order valence-electron chi connectivity index (χ1n) is 19.9. The van der Waals surface area contributed by atoms with Crippen LogP contribution in [0.4, 0.5) is 30.7 Å². The summed E-state index contributed by atoms with van der Waals surface area (Å²) in [7, 11) is 0. The summed E-state index contributed by atoms with van der Waals surface area (Å²) in [5.41, 5.74) is 4.30. The van der Waals surface area contributed by atoms with Crippen LogP contribution in [0.5, 0.6) is 0 Å². The summed E-state index contributed by atoms with van der Waals surface area (Å²) in [5.74, 6) is -4.59. The zero-order chi connectivity index (χ0) is 42.4. The van der Waals surface area contributed by atoms with E-state index in [0.717, 1.165) is 106 Å². The van der Waals surface area contributed by atoms with Crippen LogP contribution in [-0.4, -0.2) is 0 Å². The van der Waals surface area contributed by atoms with Gasteiger partial charge in [-0.1, -0.05) is 115 Å². The van der Waals surface area contributed by atoms with Gasteiger partial charge in [0.15, 0.2) is 17.5 Å². The van der Waals surface area contributed by atoms with E-state index < -0.39 is 35.0 Å². The molecule has 0 N–H and O–H groups in total. The summed E-state index contributed by atoms with van der Waals surface area (Å²) in [6, 6.07) is 51.2. The molecule has 0 aliphatic rings. The molecule has 7 heteroatoms. The van der Waals surface area contributed by atoms with Crippen molar-refractivity contribution in [2.75, 3.05) is 0 Å². The minimum Gasteiger partial charge on any atom is -0.207 e. The number of fused-ring (bicyclic) bond motifs is 8. The lowest BCUT2D eigenvalue weighted by Gasteiger charge is -2.22. The van der Waals surface area contributed by atoms with Crippen molar-refractivity contribution in [3.8, 4) is 44.5 Å². The monoisotopic (exact) mass is 822 g/mol. The average molecular weight is 823 g/mol. The van der Waals surface area contributed by atoms with Gasteiger partial charge in [-0.25, -0.2) is 17.6 Å². The van der Waals surface area contributed by atoms with Crippen molar-refractivity contribution in [3.05, 3.63) is 205 Å². The third-order valence-electron chi connectivity index (χ3n) is 12.1. The van der Waals surface area contributed by atoms with Crippen LogP contribution in [0.2, 0.25) is 0 Å². The van der Waals surface area contributed by atoms with Crippen LogP contribution < -0.4 is 0 Å². The van der Waals surface area contributed by atoms with Gasteiger partial charge < -0.3 is 0 Å². The molecule has 11 aromatic carbocycles. The second-order valence-electron chi connectivity index (χ2n) is 15.6. The smallest absolute Gasteiger partial charge is 0.207 e. The second-order valence-corrected chi connectivity index (χ2v) is 15.6. The molecule has 0 aromatic heterocycles. The van der Waals surface area contributed by atoms with Crippen LogP contribution in [-0.2, 0) is 6.18 Å². The molecule has 62 heavy (non-hydrogen) atoms. The lowest BCUT2D eigenvalue weighted by atomic mass is 9.81. The summed E-state index contributed by atoms with van der Waals surface area (Å²) in [6.07, 6.45) is -4.51. The van der Waals surface area contributed by atoms with E-state index in [1.165, 1.54) is 24.3 Å². The van der Waals surface area contributed by atoms with E-state index in [9.17, 15) is 26.3 Å². The standard InChI is InChI=1S/C55H29F7/c56-37-19-22-39-35(23-37)27-47(43-12-6-4-10-41(39)43)53-45-21-16-32(34-28-50(57)54(59)51(58)29-34)25-49(45)52(46-26-33-7-1-2-8-38(33)40-9-3-5-11-42(40)46)44-20-15-31(24-48(44)53)30-13-17-36(18-14-30)55(60,61)62/h1-29H. The van der Waals surface area contributed by atoms with Gasteiger partial charge >= 0.3 is 6.18 Å². The van der Waals surface area contributed by atoms with Crippen LogP contribution >= 0.6 is 0 Å². The van der Waals surface area contributed by atoms with Crippen molar-refractivity contribution in [2.45, 2.75) is 6.18 Å². The molecule has 0 aliphatic heterocycles. The Bertz CT molecular complexity index is 3640. The first-order chi connectivity index (χ1) is 30.0. The van der Waals surface area contributed by atoms with Crippen molar-refractivity contribution >= 4 is 64.6 Å². The van der Waals surface area contributed by atoms with E-state index in [1.807, 2.05) is 91.0 Å². The number of hydrogen-bond acceptors (Lipinski definition) is 0. The molecule has 0 radical (unpaired) electrons. The summed E-state index contributed by atoms with van der Waals surface area (Å²) in [6.45, 7) is 0. The van der Waals surface area contributed by atoms with Crippen LogP contribution in [0.15, 0.2) is 176 Å². The van der Waals surface area contributed by atoms with E-state index >= 15 is 4.39 Å². The third kappa shape index (κ3) is 5.98. The van der Waals surface area contributed by atoms with E-state index in [1.54, 1.807) is 12.1 Å². The van der Waals surface area contributed by atoms with Gasteiger partial charge in [-0.2, -0.15) is 13.2 Å². The average Bonchev–Trinajstić information content (AvgIpc) is 3.28. The topological polar surface area (TPSA) is 0 Å². The Hall–Kier alpha value is -7.51. The Kier molecular flexibility index (Phi) is 8.48. The maximum atomic E-state index is 15.0. The quantitative estimate of drug-likeness (QED) is 0.0718. The Morgan fingerprint density at radius 1 is 0.306 bits per heavy atom. The van der Waals surface area contributed by atoms with Crippen molar-refractivity contribution in [1.82, 2.24) is 0 Å². The van der Waals surface area contributed by atoms with Gasteiger partial charge in [0, 0.05) is 0 Å². The van der Waals surface area contributed by atoms with Crippen LogP contribution in [0.25, 0.3) is 109 Å². The fourth-order valence-corrected chi connectivity index (χ4v) is 9.29. The van der Waals surface area contributed by atoms with Gasteiger partial charge in [0.05, 0.1) is 5.56 Å². The highest BCUT2D eigenvalue weighted by molar-refractivity contribution is 6.29. The lowest BCUT2D eigenvalue weighted by molar-refractivity contribution is -0.137. The number of rotatable bonds is 4. The highest BCUT2D eigenvalue weighted by atomic mass is 19.4. The van der Waals surface area contributed by atoms with Crippen LogP contribution in [0, 0.1) is 23.3 Å². The molecule has 11 rings (SSSR count). The van der Waals surface area contributed by atoms with Crippen molar-refractivity contribution in [3.63, 3.8) is 0 Å². The molecule has 0 fully saturated rings. The zero-order valence-corrected chi connectivity index (χ0v) is 32.4. The van der Waals surface area contributed by atoms with E-state index in [0.29, 0.717) is 22.1 Å². The highest BCUT2D eigenvalue weighted by Gasteiger charge is 2.30. The molecular weight excluding hydrogens is 794 g/mol. The summed E-state index contributed by atoms with van der Waals surface area (Å²) >= 11 is 0. The molecular formula is C55H29F7. The Morgan fingerprint density at radius 3 is 1.32 bits per heavy atom. The predicted molar refractivity (Wildman–Crippen MR) is 238 cm³/mol. The zero-order valence-electron chi connectivity index (χ0n) is 32.4. The molecule has 0 nitrogen and oxygen atoms in total. The maximum Gasteiger partial charge on any atom is 0.416 e. The van der Waals surface area contributed by atoms with E-state index in [4.69, 9.17) is 0 Å². The van der Waals surface area contributed by atoms with Crippen molar-refractivity contribution in [2.24, 2.45) is 0 Å². The molecule has 0 bridgehead atoms. The number of alkyl halides is 3. The second kappa shape index (κ2) is 14.0. The first-order valence-corrected chi connectivity index (χ1v) is 19.9. The molecule has 0 unspecified atom stereocenters. The molecule has 298 valence electrons. The Balaban J connectivity index is 1.34. The number of halogens is 7. The van der Waals surface area contributed by atoms with Gasteiger partial charge in [-0.05, 0) is 170 Å². The summed E-state index contributed by atoms with van der Waals surface area (Å²) in [4.78, 5) is 0. The van der Waals surface area contributed by atoms with Crippen molar-refractivity contribution in [1.29, 1.82) is 0 Å². The normalized spacial score (nSPS) is 12.1. The molecule has 0 amide bonds. The van der Waals surface area contributed by atoms with Gasteiger partial charge in [0.1, 0.15) is 5.82 Å². The molecule has 0 saturated heterocycles. The molecule has 0 atom stereocenters. The van der Waals surface area contributed by atoms with Gasteiger partial charge in [0.2, 0.25) is 0 Å². The molecule has 0 saturated carbocycles. The number of hydrogen-bond donors (Lipinski definition) is 0. The van der Waals surface area contributed by atoms with Gasteiger partial charge in [0.25, 0.3) is 0 Å². The third-order valence-corrected chi connectivity index (χ3v) is 12.1.